The van der Waals surface area contributed by atoms with E-state index in [9.17, 15) is 4.79 Å². The van der Waals surface area contributed by atoms with Gasteiger partial charge in [0.05, 0.1) is 11.4 Å². The number of pyridine rings is 1. The number of hydrogen-bond donors (Lipinski definition) is 2. The molecule has 0 fully saturated rings. The molecule has 0 radical (unpaired) electrons. The van der Waals surface area contributed by atoms with Crippen molar-refractivity contribution in [2.45, 2.75) is 26.9 Å². The molecule has 2 N–H and O–H groups in total. The number of hydrogen-bond acceptors (Lipinski definition) is 3. The molecule has 0 saturated heterocycles. The summed E-state index contributed by atoms with van der Waals surface area (Å²) in [6.07, 6.45) is 0. The molecule has 0 atom stereocenters. The summed E-state index contributed by atoms with van der Waals surface area (Å²) in [4.78, 5) is 16.6. The third-order valence-electron chi connectivity index (χ3n) is 3.57. The fraction of sp³-hybridized carbons (Fsp3) is 0.250. The molecule has 1 aliphatic rings. The van der Waals surface area contributed by atoms with Crippen molar-refractivity contribution in [1.29, 1.82) is 0 Å². The number of anilines is 1. The van der Waals surface area contributed by atoms with Gasteiger partial charge in [-0.15, -0.1) is 0 Å². The first-order chi connectivity index (χ1) is 9.63. The Labute approximate surface area is 118 Å². The minimum Gasteiger partial charge on any atom is -0.320 e. The summed E-state index contributed by atoms with van der Waals surface area (Å²) in [5.41, 5.74) is 5.71. The Kier molecular flexibility index (Phi) is 3.24. The summed E-state index contributed by atoms with van der Waals surface area (Å²) in [5.74, 6) is -0.0894. The van der Waals surface area contributed by atoms with Crippen LogP contribution in [0.1, 0.15) is 32.9 Å². The number of fused-ring (bicyclic) bond motifs is 1. The summed E-state index contributed by atoms with van der Waals surface area (Å²) in [6, 6.07) is 9.64. The smallest absolute Gasteiger partial charge is 0.255 e. The Morgan fingerprint density at radius 3 is 2.75 bits per heavy atom. The Morgan fingerprint density at radius 2 is 1.95 bits per heavy atom. The van der Waals surface area contributed by atoms with E-state index in [1.54, 1.807) is 0 Å². The SMILES string of the molecule is Cc1ccc(NC(=O)c2ccc3c(c2)CNC3)c(C)n1. The van der Waals surface area contributed by atoms with Crippen molar-refractivity contribution < 1.29 is 4.79 Å². The number of nitrogens with zero attached hydrogens (tertiary/aromatic N) is 1. The van der Waals surface area contributed by atoms with E-state index in [-0.39, 0.29) is 5.91 Å². The van der Waals surface area contributed by atoms with Gasteiger partial charge in [0.2, 0.25) is 0 Å². The highest BCUT2D eigenvalue weighted by atomic mass is 16.1. The number of nitrogens with one attached hydrogen (secondary N) is 2. The predicted molar refractivity (Wildman–Crippen MR) is 78.6 cm³/mol. The van der Waals surface area contributed by atoms with Crippen molar-refractivity contribution in [3.8, 4) is 0 Å². The molecular weight excluding hydrogens is 250 g/mol. The van der Waals surface area contributed by atoms with Crippen molar-refractivity contribution in [2.24, 2.45) is 0 Å². The maximum absolute atomic E-state index is 12.3. The first-order valence-electron chi connectivity index (χ1n) is 6.71. The van der Waals surface area contributed by atoms with Crippen LogP contribution in [0.2, 0.25) is 0 Å². The van der Waals surface area contributed by atoms with Gasteiger partial charge >= 0.3 is 0 Å². The molecule has 3 rings (SSSR count). The molecule has 0 aliphatic carbocycles. The molecule has 0 spiro atoms. The van der Waals surface area contributed by atoms with Gasteiger partial charge in [0.1, 0.15) is 0 Å². The van der Waals surface area contributed by atoms with E-state index in [1.807, 2.05) is 44.2 Å². The molecule has 1 aromatic carbocycles. The molecular formula is C16H17N3O. The average Bonchev–Trinajstić information content (AvgIpc) is 2.89. The zero-order valence-corrected chi connectivity index (χ0v) is 11.7. The van der Waals surface area contributed by atoms with Gasteiger partial charge in [0.25, 0.3) is 5.91 Å². The second kappa shape index (κ2) is 5.06. The Hall–Kier alpha value is -2.20. The monoisotopic (exact) mass is 267 g/mol. The lowest BCUT2D eigenvalue weighted by Crippen LogP contribution is -2.13. The molecule has 2 aromatic rings. The number of aromatic nitrogens is 1. The summed E-state index contributed by atoms with van der Waals surface area (Å²) in [6.45, 7) is 5.56. The van der Waals surface area contributed by atoms with Crippen LogP contribution in [-0.4, -0.2) is 10.9 Å². The van der Waals surface area contributed by atoms with Crippen molar-refractivity contribution >= 4 is 11.6 Å². The van der Waals surface area contributed by atoms with Gasteiger partial charge < -0.3 is 10.6 Å². The second-order valence-corrected chi connectivity index (χ2v) is 5.13. The standard InChI is InChI=1S/C16H17N3O/c1-10-3-6-15(11(2)18-10)19-16(20)12-4-5-13-8-17-9-14(13)7-12/h3-7,17H,8-9H2,1-2H3,(H,19,20). The highest BCUT2D eigenvalue weighted by Gasteiger charge is 2.14. The molecule has 1 aromatic heterocycles. The summed E-state index contributed by atoms with van der Waals surface area (Å²) >= 11 is 0. The number of amides is 1. The topological polar surface area (TPSA) is 54.0 Å². The van der Waals surface area contributed by atoms with Gasteiger partial charge in [-0.25, -0.2) is 0 Å². The van der Waals surface area contributed by atoms with Gasteiger partial charge in [0.15, 0.2) is 0 Å². The molecule has 0 bridgehead atoms. The fourth-order valence-electron chi connectivity index (χ4n) is 2.45. The van der Waals surface area contributed by atoms with Crippen molar-refractivity contribution in [3.63, 3.8) is 0 Å². The van der Waals surface area contributed by atoms with Crippen LogP contribution in [-0.2, 0) is 13.1 Å². The lowest BCUT2D eigenvalue weighted by Gasteiger charge is -2.09. The molecule has 102 valence electrons. The van der Waals surface area contributed by atoms with Crippen molar-refractivity contribution in [1.82, 2.24) is 10.3 Å². The van der Waals surface area contributed by atoms with Gasteiger partial charge in [-0.3, -0.25) is 9.78 Å². The van der Waals surface area contributed by atoms with E-state index >= 15 is 0 Å². The van der Waals surface area contributed by atoms with E-state index in [4.69, 9.17) is 0 Å². The molecule has 2 heterocycles. The molecule has 4 heteroatoms. The number of carbonyl (C=O) groups is 1. The molecule has 1 aliphatic heterocycles. The zero-order chi connectivity index (χ0) is 14.1. The normalized spacial score (nSPS) is 13.1. The maximum Gasteiger partial charge on any atom is 0.255 e. The summed E-state index contributed by atoms with van der Waals surface area (Å²) in [7, 11) is 0. The molecule has 4 nitrogen and oxygen atoms in total. The first kappa shape index (κ1) is 12.8. The van der Waals surface area contributed by atoms with Crippen molar-refractivity contribution in [2.75, 3.05) is 5.32 Å². The number of benzene rings is 1. The minimum absolute atomic E-state index is 0.0894. The fourth-order valence-corrected chi connectivity index (χ4v) is 2.45. The predicted octanol–water partition coefficient (Wildman–Crippen LogP) is 2.55. The van der Waals surface area contributed by atoms with Crippen LogP contribution in [0.25, 0.3) is 0 Å². The van der Waals surface area contributed by atoms with Gasteiger partial charge in [0, 0.05) is 24.3 Å². The van der Waals surface area contributed by atoms with Crippen LogP contribution >= 0.6 is 0 Å². The largest absolute Gasteiger partial charge is 0.320 e. The summed E-state index contributed by atoms with van der Waals surface area (Å²) < 4.78 is 0. The van der Waals surface area contributed by atoms with E-state index in [0.29, 0.717) is 5.56 Å². The summed E-state index contributed by atoms with van der Waals surface area (Å²) in [5, 5.41) is 6.20. The van der Waals surface area contributed by atoms with Gasteiger partial charge in [-0.05, 0) is 49.2 Å². The van der Waals surface area contributed by atoms with Gasteiger partial charge in [-0.2, -0.15) is 0 Å². The third-order valence-corrected chi connectivity index (χ3v) is 3.57. The number of rotatable bonds is 2. The highest BCUT2D eigenvalue weighted by Crippen LogP contribution is 2.19. The van der Waals surface area contributed by atoms with Crippen LogP contribution < -0.4 is 10.6 Å². The van der Waals surface area contributed by atoms with Crippen molar-refractivity contribution in [3.05, 3.63) is 58.4 Å². The maximum atomic E-state index is 12.3. The van der Waals surface area contributed by atoms with Crippen LogP contribution in [0.5, 0.6) is 0 Å². The second-order valence-electron chi connectivity index (χ2n) is 5.13. The third kappa shape index (κ3) is 2.42. The molecule has 1 amide bonds. The lowest BCUT2D eigenvalue weighted by atomic mass is 10.1. The molecule has 0 saturated carbocycles. The number of aryl methyl sites for hydroxylation is 2. The molecule has 20 heavy (non-hydrogen) atoms. The van der Waals surface area contributed by atoms with Crippen LogP contribution in [0.3, 0.4) is 0 Å². The van der Waals surface area contributed by atoms with Crippen LogP contribution in [0.4, 0.5) is 5.69 Å². The lowest BCUT2D eigenvalue weighted by molar-refractivity contribution is 0.102. The van der Waals surface area contributed by atoms with E-state index in [2.05, 4.69) is 15.6 Å². The Balaban J connectivity index is 1.82. The minimum atomic E-state index is -0.0894. The van der Waals surface area contributed by atoms with E-state index < -0.39 is 0 Å². The quantitative estimate of drug-likeness (QED) is 0.879. The Morgan fingerprint density at radius 1 is 1.15 bits per heavy atom. The average molecular weight is 267 g/mol. The first-order valence-corrected chi connectivity index (χ1v) is 6.71. The van der Waals surface area contributed by atoms with E-state index in [1.165, 1.54) is 11.1 Å². The molecule has 0 unspecified atom stereocenters. The Bertz CT molecular complexity index is 679. The van der Waals surface area contributed by atoms with Gasteiger partial charge in [-0.1, -0.05) is 6.07 Å². The van der Waals surface area contributed by atoms with E-state index in [0.717, 1.165) is 30.2 Å². The zero-order valence-electron chi connectivity index (χ0n) is 11.7. The van der Waals surface area contributed by atoms with Crippen LogP contribution in [0.15, 0.2) is 30.3 Å². The highest BCUT2D eigenvalue weighted by molar-refractivity contribution is 6.04. The number of carbonyl (C=O) groups excluding carboxylic acids is 1. The van der Waals surface area contributed by atoms with Crippen LogP contribution in [0, 0.1) is 13.8 Å².